The van der Waals surface area contributed by atoms with E-state index in [4.69, 9.17) is 19.0 Å². The monoisotopic (exact) mass is 298 g/mol. The van der Waals surface area contributed by atoms with Crippen LogP contribution < -0.4 is 11.1 Å². The molecule has 0 fully saturated rings. The van der Waals surface area contributed by atoms with Crippen molar-refractivity contribution in [2.75, 3.05) is 34.5 Å². The largest absolute Gasteiger partial charge is 0.500 e. The minimum Gasteiger partial charge on any atom is -0.377 e. The van der Waals surface area contributed by atoms with Crippen molar-refractivity contribution in [1.29, 1.82) is 0 Å². The molecule has 20 heavy (non-hydrogen) atoms. The number of nitrogens with one attached hydrogen (secondary N) is 1. The molecule has 3 N–H and O–H groups in total. The molecule has 0 aliphatic carbocycles. The zero-order valence-corrected chi connectivity index (χ0v) is 13.6. The molecule has 0 saturated heterocycles. The quantitative estimate of drug-likeness (QED) is 0.385. The summed E-state index contributed by atoms with van der Waals surface area (Å²) in [5, 5.41) is 3.11. The van der Waals surface area contributed by atoms with Crippen molar-refractivity contribution >= 4 is 8.80 Å². The van der Waals surface area contributed by atoms with Crippen molar-refractivity contribution in [2.24, 2.45) is 5.73 Å². The van der Waals surface area contributed by atoms with Crippen LogP contribution in [0.5, 0.6) is 0 Å². The lowest BCUT2D eigenvalue weighted by atomic mass is 10.1. The predicted octanol–water partition coefficient (Wildman–Crippen LogP) is 1.16. The van der Waals surface area contributed by atoms with Crippen LogP contribution in [0.3, 0.4) is 0 Å². The predicted molar refractivity (Wildman–Crippen MR) is 82.5 cm³/mol. The number of hydrogen-bond acceptors (Lipinski definition) is 5. The summed E-state index contributed by atoms with van der Waals surface area (Å²) in [6.45, 7) is 1.43. The Labute approximate surface area is 122 Å². The fraction of sp³-hybridized carbons (Fsp3) is 0.571. The molecule has 0 heterocycles. The molecule has 0 bridgehead atoms. The smallest absolute Gasteiger partial charge is 0.377 e. The molecular weight excluding hydrogens is 272 g/mol. The van der Waals surface area contributed by atoms with Crippen LogP contribution in [0.4, 0.5) is 0 Å². The molecular formula is C14H26N2O3Si. The van der Waals surface area contributed by atoms with E-state index in [0.29, 0.717) is 6.67 Å². The Hall–Kier alpha value is -0.763. The molecule has 114 valence electrons. The summed E-state index contributed by atoms with van der Waals surface area (Å²) in [6.07, 6.45) is 1.88. The van der Waals surface area contributed by atoms with Crippen LogP contribution in [0, 0.1) is 0 Å². The van der Waals surface area contributed by atoms with E-state index in [1.54, 1.807) is 21.3 Å². The highest BCUT2D eigenvalue weighted by atomic mass is 28.4. The maximum absolute atomic E-state index is 5.42. The molecule has 0 saturated carbocycles. The van der Waals surface area contributed by atoms with Gasteiger partial charge in [0.25, 0.3) is 0 Å². The van der Waals surface area contributed by atoms with Crippen molar-refractivity contribution in [3.05, 3.63) is 35.4 Å². The summed E-state index contributed by atoms with van der Waals surface area (Å²) >= 11 is 0. The van der Waals surface area contributed by atoms with Gasteiger partial charge < -0.3 is 24.3 Å². The average molecular weight is 298 g/mol. The van der Waals surface area contributed by atoms with Crippen molar-refractivity contribution < 1.29 is 13.3 Å². The van der Waals surface area contributed by atoms with Crippen LogP contribution in [-0.2, 0) is 26.1 Å². The fourth-order valence-electron chi connectivity index (χ4n) is 2.06. The van der Waals surface area contributed by atoms with Crippen molar-refractivity contribution in [3.63, 3.8) is 0 Å². The Morgan fingerprint density at radius 1 is 0.950 bits per heavy atom. The van der Waals surface area contributed by atoms with Gasteiger partial charge in [0.15, 0.2) is 0 Å². The Morgan fingerprint density at radius 2 is 1.45 bits per heavy atom. The second-order valence-corrected chi connectivity index (χ2v) is 7.66. The Bertz CT molecular complexity index is 361. The summed E-state index contributed by atoms with van der Waals surface area (Å²) in [4.78, 5) is 0. The molecule has 0 unspecified atom stereocenters. The highest BCUT2D eigenvalue weighted by molar-refractivity contribution is 6.60. The number of hydrogen-bond donors (Lipinski definition) is 2. The fourth-order valence-corrected chi connectivity index (χ4v) is 3.77. The first-order valence-corrected chi connectivity index (χ1v) is 8.77. The molecule has 0 aliphatic rings. The summed E-state index contributed by atoms with van der Waals surface area (Å²) in [5.41, 5.74) is 7.97. The third-order valence-electron chi connectivity index (χ3n) is 3.41. The summed E-state index contributed by atoms with van der Waals surface area (Å²) in [5.74, 6) is 0. The first-order chi connectivity index (χ1) is 9.69. The van der Waals surface area contributed by atoms with Gasteiger partial charge in [0.2, 0.25) is 0 Å². The molecule has 0 amide bonds. The van der Waals surface area contributed by atoms with Crippen LogP contribution in [0.25, 0.3) is 0 Å². The molecule has 0 aliphatic heterocycles. The Kier molecular flexibility index (Phi) is 7.97. The van der Waals surface area contributed by atoms with Crippen LogP contribution in [0.2, 0.25) is 6.04 Å². The van der Waals surface area contributed by atoms with Gasteiger partial charge in [0, 0.05) is 40.6 Å². The molecule has 0 atom stereocenters. The molecule has 0 aromatic heterocycles. The topological polar surface area (TPSA) is 65.7 Å². The van der Waals surface area contributed by atoms with Gasteiger partial charge in [-0.1, -0.05) is 24.3 Å². The van der Waals surface area contributed by atoms with Crippen LogP contribution in [-0.4, -0.2) is 43.3 Å². The van der Waals surface area contributed by atoms with Gasteiger partial charge in [-0.05, 0) is 24.0 Å². The molecule has 1 rings (SSSR count). The summed E-state index contributed by atoms with van der Waals surface area (Å²) in [7, 11) is 2.47. The minimum absolute atomic E-state index is 0.524. The van der Waals surface area contributed by atoms with Gasteiger partial charge in [-0.2, -0.15) is 0 Å². The van der Waals surface area contributed by atoms with Gasteiger partial charge in [-0.3, -0.25) is 0 Å². The van der Waals surface area contributed by atoms with Gasteiger partial charge in [-0.15, -0.1) is 0 Å². The first-order valence-electron chi connectivity index (χ1n) is 6.83. The van der Waals surface area contributed by atoms with E-state index in [9.17, 15) is 0 Å². The van der Waals surface area contributed by atoms with Crippen molar-refractivity contribution in [2.45, 2.75) is 18.9 Å². The maximum atomic E-state index is 5.42. The molecule has 1 aromatic rings. The second-order valence-electron chi connectivity index (χ2n) is 4.57. The first kappa shape index (κ1) is 17.3. The highest BCUT2D eigenvalue weighted by Gasteiger charge is 2.36. The molecule has 5 nitrogen and oxygen atoms in total. The van der Waals surface area contributed by atoms with Crippen molar-refractivity contribution in [3.8, 4) is 0 Å². The SMILES string of the molecule is CO[Si](CCc1ccc(CCNCN)cc1)(OC)OC. The average Bonchev–Trinajstić information content (AvgIpc) is 2.51. The van der Waals surface area contributed by atoms with E-state index in [1.807, 2.05) is 0 Å². The summed E-state index contributed by atoms with van der Waals surface area (Å²) in [6, 6.07) is 9.40. The number of aryl methyl sites for hydroxylation is 1. The van der Waals surface area contributed by atoms with Crippen LogP contribution >= 0.6 is 0 Å². The maximum Gasteiger partial charge on any atom is 0.500 e. The third kappa shape index (κ3) is 5.32. The normalized spacial score (nSPS) is 11.8. The van der Waals surface area contributed by atoms with E-state index >= 15 is 0 Å². The molecule has 0 radical (unpaired) electrons. The number of benzene rings is 1. The summed E-state index contributed by atoms with van der Waals surface area (Å²) < 4.78 is 16.3. The zero-order chi connectivity index (χ0) is 14.8. The standard InChI is InChI=1S/C14H26N2O3Si/c1-17-20(18-2,19-3)11-9-14-6-4-13(5-7-14)8-10-16-12-15/h4-7,16H,8-12,15H2,1-3H3. The van der Waals surface area contributed by atoms with E-state index in [1.165, 1.54) is 11.1 Å². The Balaban J connectivity index is 2.48. The van der Waals surface area contributed by atoms with E-state index in [-0.39, 0.29) is 0 Å². The lowest BCUT2D eigenvalue weighted by Crippen LogP contribution is -2.43. The van der Waals surface area contributed by atoms with Crippen molar-refractivity contribution in [1.82, 2.24) is 5.32 Å². The van der Waals surface area contributed by atoms with E-state index in [0.717, 1.165) is 25.4 Å². The second kappa shape index (κ2) is 9.22. The molecule has 6 heteroatoms. The van der Waals surface area contributed by atoms with Gasteiger partial charge in [0.1, 0.15) is 0 Å². The van der Waals surface area contributed by atoms with E-state index < -0.39 is 8.80 Å². The van der Waals surface area contributed by atoms with Gasteiger partial charge in [-0.25, -0.2) is 0 Å². The van der Waals surface area contributed by atoms with Gasteiger partial charge >= 0.3 is 8.80 Å². The number of rotatable bonds is 10. The Morgan fingerprint density at radius 3 is 1.90 bits per heavy atom. The third-order valence-corrected chi connectivity index (χ3v) is 6.14. The lowest BCUT2D eigenvalue weighted by Gasteiger charge is -2.24. The molecule has 1 aromatic carbocycles. The van der Waals surface area contributed by atoms with Crippen LogP contribution in [0.15, 0.2) is 24.3 Å². The van der Waals surface area contributed by atoms with E-state index in [2.05, 4.69) is 29.6 Å². The number of nitrogens with two attached hydrogens (primary N) is 1. The van der Waals surface area contributed by atoms with Gasteiger partial charge in [0.05, 0.1) is 0 Å². The lowest BCUT2D eigenvalue weighted by molar-refractivity contribution is 0.123. The molecule has 0 spiro atoms. The van der Waals surface area contributed by atoms with Crippen LogP contribution in [0.1, 0.15) is 11.1 Å². The zero-order valence-electron chi connectivity index (χ0n) is 12.6. The minimum atomic E-state index is -2.46. The highest BCUT2D eigenvalue weighted by Crippen LogP contribution is 2.17.